The van der Waals surface area contributed by atoms with Crippen molar-refractivity contribution in [3.63, 3.8) is 0 Å². The first-order valence-corrected chi connectivity index (χ1v) is 15.8. The van der Waals surface area contributed by atoms with Gasteiger partial charge in [-0.1, -0.05) is 56.1 Å². The normalized spacial score (nSPS) is 23.6. The number of carbonyl (C=O) groups excluding carboxylic acids is 1. The van der Waals surface area contributed by atoms with Crippen molar-refractivity contribution in [1.29, 1.82) is 0 Å². The number of rotatable bonds is 11. The summed E-state index contributed by atoms with van der Waals surface area (Å²) in [5.41, 5.74) is 7.39. The maximum absolute atomic E-state index is 14.3. The molecule has 0 bridgehead atoms. The molecular weight excluding hydrogens is 666 g/mol. The highest BCUT2D eigenvalue weighted by Gasteiger charge is 2.53. The fraction of sp³-hybridized carbons (Fsp3) is 0.375. The van der Waals surface area contributed by atoms with Crippen LogP contribution in [0.2, 0.25) is 0 Å². The number of hydrogen-bond donors (Lipinski definition) is 4. The van der Waals surface area contributed by atoms with Crippen molar-refractivity contribution in [3.8, 4) is 5.75 Å². The molecule has 3 aromatic rings. The third-order valence-corrected chi connectivity index (χ3v) is 8.73. The van der Waals surface area contributed by atoms with Crippen LogP contribution in [0.4, 0.5) is 0 Å². The summed E-state index contributed by atoms with van der Waals surface area (Å²) in [6, 6.07) is 23.1. The molecule has 2 aliphatic rings. The van der Waals surface area contributed by atoms with Crippen molar-refractivity contribution in [2.45, 2.75) is 62.3 Å². The molecular formula is C32H35Br2N3O5. The molecule has 1 amide bonds. The second-order valence-corrected chi connectivity index (χ2v) is 12.6. The maximum Gasteiger partial charge on any atom is 0.266 e. The Hall–Kier alpha value is -2.76. The lowest BCUT2D eigenvalue weighted by Crippen LogP contribution is -2.56. The van der Waals surface area contributed by atoms with Gasteiger partial charge in [0.15, 0.2) is 11.6 Å². The lowest BCUT2D eigenvalue weighted by Gasteiger charge is -2.32. The number of aliphatic imine (C=N–C) groups is 1. The summed E-state index contributed by atoms with van der Waals surface area (Å²) in [4.78, 5) is 19.4. The highest BCUT2D eigenvalue weighted by atomic mass is 79.9. The predicted molar refractivity (Wildman–Crippen MR) is 168 cm³/mol. The van der Waals surface area contributed by atoms with Gasteiger partial charge in [0.2, 0.25) is 5.90 Å². The molecule has 1 aliphatic heterocycles. The van der Waals surface area contributed by atoms with Crippen LogP contribution in [-0.4, -0.2) is 52.9 Å². The predicted octanol–water partition coefficient (Wildman–Crippen LogP) is 5.40. The van der Waals surface area contributed by atoms with Crippen molar-refractivity contribution in [2.24, 2.45) is 4.99 Å². The van der Waals surface area contributed by atoms with Crippen molar-refractivity contribution in [3.05, 3.63) is 98.4 Å². The minimum absolute atomic E-state index is 0.0670. The molecule has 3 aromatic carbocycles. The van der Waals surface area contributed by atoms with E-state index in [2.05, 4.69) is 42.7 Å². The maximum atomic E-state index is 14.3. The lowest BCUT2D eigenvalue weighted by molar-refractivity contribution is -0.130. The summed E-state index contributed by atoms with van der Waals surface area (Å²) in [6.45, 7) is 0.489. The number of amides is 1. The van der Waals surface area contributed by atoms with Crippen LogP contribution in [-0.2, 0) is 16.0 Å². The van der Waals surface area contributed by atoms with Crippen LogP contribution in [0, 0.1) is 0 Å². The number of aliphatic hydroxyl groups is 2. The highest BCUT2D eigenvalue weighted by molar-refractivity contribution is 9.10. The first kappa shape index (κ1) is 30.7. The number of ether oxygens (including phenoxy) is 2. The Labute approximate surface area is 262 Å². The van der Waals surface area contributed by atoms with Crippen molar-refractivity contribution in [2.75, 3.05) is 13.2 Å². The van der Waals surface area contributed by atoms with E-state index in [1.807, 2.05) is 72.8 Å². The average molecular weight is 701 g/mol. The molecule has 1 saturated carbocycles. The Morgan fingerprint density at radius 1 is 0.952 bits per heavy atom. The van der Waals surface area contributed by atoms with Gasteiger partial charge in [0.05, 0.1) is 12.7 Å². The van der Waals surface area contributed by atoms with Crippen molar-refractivity contribution in [1.82, 2.24) is 10.9 Å². The van der Waals surface area contributed by atoms with Crippen LogP contribution in [0.15, 0.2) is 86.7 Å². The minimum Gasteiger partial charge on any atom is -0.494 e. The molecule has 10 heteroatoms. The third-order valence-electron chi connectivity index (χ3n) is 7.68. The lowest BCUT2D eigenvalue weighted by atomic mass is 9.82. The summed E-state index contributed by atoms with van der Waals surface area (Å²) in [6.07, 6.45) is 2.82. The van der Waals surface area contributed by atoms with Gasteiger partial charge in [-0.25, -0.2) is 10.4 Å². The van der Waals surface area contributed by atoms with E-state index in [1.165, 1.54) is 0 Å². The molecule has 42 heavy (non-hydrogen) atoms. The molecule has 0 spiro atoms. The average Bonchev–Trinajstić information content (AvgIpc) is 3.39. The number of nitrogens with one attached hydrogen (secondary N) is 2. The van der Waals surface area contributed by atoms with Crippen LogP contribution in [0.1, 0.15) is 54.9 Å². The van der Waals surface area contributed by atoms with Gasteiger partial charge in [0.1, 0.15) is 5.75 Å². The summed E-state index contributed by atoms with van der Waals surface area (Å²) >= 11 is 7.02. The molecule has 222 valence electrons. The van der Waals surface area contributed by atoms with Gasteiger partial charge in [-0.05, 0) is 85.3 Å². The molecule has 1 heterocycles. The number of aliphatic hydroxyl groups excluding tert-OH is 2. The SMILES string of the molecule is O=C(NNC1CCC(O)CC1)[C@@]1(Cc2ccc(Br)cc2)N=C(c2ccc(OCCCO)cc2)O[C@H]1c1ccc(Br)cc1. The van der Waals surface area contributed by atoms with Crippen LogP contribution in [0.3, 0.4) is 0 Å². The standard InChI is InChI=1S/C32H35Br2N3O5/c33-24-8-2-21(3-9-24)20-32(31(40)37-36-26-12-14-27(39)15-13-26)29(22-4-10-25(34)11-5-22)42-30(35-32)23-6-16-28(17-7-23)41-19-1-18-38/h2-11,16-17,26-27,29,36,38-39H,1,12-15,18-20H2,(H,37,40)/t26?,27?,29-,32-/m0/s1. The summed E-state index contributed by atoms with van der Waals surface area (Å²) in [5, 5.41) is 19.0. The molecule has 5 rings (SSSR count). The smallest absolute Gasteiger partial charge is 0.266 e. The van der Waals surface area contributed by atoms with Crippen LogP contribution < -0.4 is 15.6 Å². The highest BCUT2D eigenvalue weighted by Crippen LogP contribution is 2.43. The van der Waals surface area contributed by atoms with Gasteiger partial charge < -0.3 is 19.7 Å². The van der Waals surface area contributed by atoms with E-state index in [4.69, 9.17) is 19.6 Å². The van der Waals surface area contributed by atoms with E-state index >= 15 is 0 Å². The quantitative estimate of drug-likeness (QED) is 0.158. The van der Waals surface area contributed by atoms with Crippen LogP contribution >= 0.6 is 31.9 Å². The molecule has 0 saturated heterocycles. The van der Waals surface area contributed by atoms with Gasteiger partial charge in [-0.2, -0.15) is 0 Å². The summed E-state index contributed by atoms with van der Waals surface area (Å²) < 4.78 is 14.1. The van der Waals surface area contributed by atoms with E-state index < -0.39 is 11.6 Å². The first-order chi connectivity index (χ1) is 20.4. The van der Waals surface area contributed by atoms with Crippen LogP contribution in [0.5, 0.6) is 5.75 Å². The Kier molecular flexibility index (Phi) is 10.3. The van der Waals surface area contributed by atoms with Crippen molar-refractivity contribution < 1.29 is 24.5 Å². The zero-order chi connectivity index (χ0) is 29.5. The fourth-order valence-electron chi connectivity index (χ4n) is 5.33. The topological polar surface area (TPSA) is 112 Å². The Morgan fingerprint density at radius 3 is 2.24 bits per heavy atom. The molecule has 0 radical (unpaired) electrons. The zero-order valence-corrected chi connectivity index (χ0v) is 26.3. The third kappa shape index (κ3) is 7.41. The van der Waals surface area contributed by atoms with Gasteiger partial charge in [-0.15, -0.1) is 0 Å². The van der Waals surface area contributed by atoms with E-state index in [0.29, 0.717) is 43.9 Å². The van der Waals surface area contributed by atoms with Crippen LogP contribution in [0.25, 0.3) is 0 Å². The second-order valence-electron chi connectivity index (χ2n) is 10.7. The Morgan fingerprint density at radius 2 is 1.60 bits per heavy atom. The number of hydrogen-bond acceptors (Lipinski definition) is 7. The van der Waals surface area contributed by atoms with E-state index in [1.54, 1.807) is 0 Å². The van der Waals surface area contributed by atoms with Crippen molar-refractivity contribution >= 4 is 43.7 Å². The molecule has 8 nitrogen and oxygen atoms in total. The van der Waals surface area contributed by atoms with Gasteiger partial charge >= 0.3 is 0 Å². The minimum atomic E-state index is -1.31. The van der Waals surface area contributed by atoms with Gasteiger partial charge in [0, 0.05) is 40.0 Å². The number of benzene rings is 3. The molecule has 4 N–H and O–H groups in total. The van der Waals surface area contributed by atoms with E-state index in [9.17, 15) is 9.90 Å². The van der Waals surface area contributed by atoms with Gasteiger partial charge in [0.25, 0.3) is 5.91 Å². The molecule has 0 aromatic heterocycles. The van der Waals surface area contributed by atoms with E-state index in [0.717, 1.165) is 38.5 Å². The second kappa shape index (κ2) is 14.1. The largest absolute Gasteiger partial charge is 0.494 e. The van der Waals surface area contributed by atoms with Gasteiger partial charge in [-0.3, -0.25) is 10.2 Å². The summed E-state index contributed by atoms with van der Waals surface area (Å²) in [5.74, 6) is 0.761. The number of halogens is 2. The Bertz CT molecular complexity index is 1360. The fourth-order valence-corrected chi connectivity index (χ4v) is 5.86. The molecule has 1 aliphatic carbocycles. The number of hydrazine groups is 1. The molecule has 1 fully saturated rings. The first-order valence-electron chi connectivity index (χ1n) is 14.2. The number of carbonyl (C=O) groups is 1. The molecule has 2 atom stereocenters. The zero-order valence-electron chi connectivity index (χ0n) is 23.1. The summed E-state index contributed by atoms with van der Waals surface area (Å²) in [7, 11) is 0. The number of nitrogens with zero attached hydrogens (tertiary/aromatic N) is 1. The monoisotopic (exact) mass is 699 g/mol. The molecule has 0 unspecified atom stereocenters. The van der Waals surface area contributed by atoms with E-state index in [-0.39, 0.29) is 24.7 Å². The Balaban J connectivity index is 1.50.